The van der Waals surface area contributed by atoms with Crippen molar-refractivity contribution in [1.29, 1.82) is 0 Å². The van der Waals surface area contributed by atoms with Crippen LogP contribution in [0, 0.1) is 34.5 Å². The minimum absolute atomic E-state index is 0.159. The first-order chi connectivity index (χ1) is 11.6. The van der Waals surface area contributed by atoms with E-state index < -0.39 is 0 Å². The molecule has 0 bridgehead atoms. The van der Waals surface area contributed by atoms with Crippen molar-refractivity contribution < 1.29 is 4.79 Å². The van der Waals surface area contributed by atoms with E-state index in [0.29, 0.717) is 5.41 Å². The van der Waals surface area contributed by atoms with Crippen molar-refractivity contribution in [2.24, 2.45) is 34.5 Å². The highest BCUT2D eigenvalue weighted by atomic mass is 16.1. The fourth-order valence-corrected chi connectivity index (χ4v) is 7.89. The van der Waals surface area contributed by atoms with Crippen LogP contribution in [0.2, 0.25) is 0 Å². The van der Waals surface area contributed by atoms with Crippen molar-refractivity contribution in [3.63, 3.8) is 0 Å². The molecule has 0 aromatic carbocycles. The molecule has 3 saturated carbocycles. The van der Waals surface area contributed by atoms with Crippen molar-refractivity contribution in [2.75, 3.05) is 6.54 Å². The number of fused-ring (bicyclic) bond motifs is 4. The molecule has 0 radical (unpaired) electrons. The first kappa shape index (κ1) is 15.4. The van der Waals surface area contributed by atoms with Crippen molar-refractivity contribution in [2.45, 2.75) is 64.8 Å². The largest absolute Gasteiger partial charge is 0.313 e. The van der Waals surface area contributed by atoms with Gasteiger partial charge in [0.2, 0.25) is 0 Å². The van der Waals surface area contributed by atoms with Crippen LogP contribution in [-0.2, 0) is 4.79 Å². The molecule has 2 heteroatoms. The predicted molar refractivity (Wildman–Crippen MR) is 96.5 cm³/mol. The molecule has 4 fully saturated rings. The van der Waals surface area contributed by atoms with Gasteiger partial charge in [-0.1, -0.05) is 25.5 Å². The number of ketones is 1. The van der Waals surface area contributed by atoms with Gasteiger partial charge in [0.1, 0.15) is 0 Å². The van der Waals surface area contributed by atoms with Crippen LogP contribution >= 0.6 is 0 Å². The van der Waals surface area contributed by atoms with Crippen LogP contribution in [0.1, 0.15) is 58.8 Å². The SMILES string of the molecule is CCC1NCC23CCC4C(CCC5=CC(=O)C=CC54C)C2CCC13. The second kappa shape index (κ2) is 5.06. The van der Waals surface area contributed by atoms with Gasteiger partial charge in [-0.05, 0) is 86.2 Å². The molecule has 4 aliphatic carbocycles. The van der Waals surface area contributed by atoms with E-state index in [-0.39, 0.29) is 11.2 Å². The summed E-state index contributed by atoms with van der Waals surface area (Å²) < 4.78 is 0. The van der Waals surface area contributed by atoms with Crippen LogP contribution in [0.3, 0.4) is 0 Å². The third-order valence-electron chi connectivity index (χ3n) is 8.96. The number of hydrogen-bond donors (Lipinski definition) is 1. The van der Waals surface area contributed by atoms with Gasteiger partial charge in [-0.3, -0.25) is 4.79 Å². The maximum absolute atomic E-state index is 11.8. The first-order valence-corrected chi connectivity index (χ1v) is 10.3. The van der Waals surface area contributed by atoms with Crippen LogP contribution in [-0.4, -0.2) is 18.4 Å². The molecule has 130 valence electrons. The summed E-state index contributed by atoms with van der Waals surface area (Å²) in [4.78, 5) is 11.8. The number of nitrogens with one attached hydrogen (secondary N) is 1. The molecule has 2 nitrogen and oxygen atoms in total. The minimum Gasteiger partial charge on any atom is -0.313 e. The molecule has 1 spiro atoms. The molecule has 7 unspecified atom stereocenters. The van der Waals surface area contributed by atoms with Crippen LogP contribution in [0.5, 0.6) is 0 Å². The molecular formula is C22H31NO. The van der Waals surface area contributed by atoms with Crippen molar-refractivity contribution in [3.8, 4) is 0 Å². The van der Waals surface area contributed by atoms with Crippen LogP contribution in [0.15, 0.2) is 23.8 Å². The van der Waals surface area contributed by atoms with E-state index in [1.54, 1.807) is 0 Å². The monoisotopic (exact) mass is 325 g/mol. The van der Waals surface area contributed by atoms with Gasteiger partial charge in [-0.2, -0.15) is 0 Å². The third-order valence-corrected chi connectivity index (χ3v) is 8.96. The lowest BCUT2D eigenvalue weighted by Gasteiger charge is -2.57. The fourth-order valence-electron chi connectivity index (χ4n) is 7.89. The third kappa shape index (κ3) is 1.79. The van der Waals surface area contributed by atoms with E-state index in [1.165, 1.54) is 50.6 Å². The Morgan fingerprint density at radius 2 is 2.00 bits per heavy atom. The van der Waals surface area contributed by atoms with Crippen molar-refractivity contribution in [1.82, 2.24) is 5.32 Å². The van der Waals surface area contributed by atoms with Gasteiger partial charge in [0.15, 0.2) is 5.78 Å². The quantitative estimate of drug-likeness (QED) is 0.780. The van der Waals surface area contributed by atoms with Gasteiger partial charge in [0.05, 0.1) is 0 Å². The Morgan fingerprint density at radius 3 is 2.83 bits per heavy atom. The molecule has 5 aliphatic rings. The summed E-state index contributed by atoms with van der Waals surface area (Å²) in [5.74, 6) is 3.70. The van der Waals surface area contributed by atoms with E-state index in [1.807, 2.05) is 12.2 Å². The Hall–Kier alpha value is -0.890. The summed E-state index contributed by atoms with van der Waals surface area (Å²) in [6.45, 7) is 6.06. The Kier molecular flexibility index (Phi) is 3.24. The fraction of sp³-hybridized carbons (Fsp3) is 0.773. The molecule has 0 amide bonds. The van der Waals surface area contributed by atoms with Crippen molar-refractivity contribution in [3.05, 3.63) is 23.8 Å². The highest BCUT2D eigenvalue weighted by Gasteiger charge is 2.63. The number of carbonyl (C=O) groups excluding carboxylic acids is 1. The zero-order valence-electron chi connectivity index (χ0n) is 15.2. The molecule has 7 atom stereocenters. The van der Waals surface area contributed by atoms with Crippen LogP contribution in [0.25, 0.3) is 0 Å². The van der Waals surface area contributed by atoms with E-state index in [9.17, 15) is 4.79 Å². The van der Waals surface area contributed by atoms with Crippen LogP contribution in [0.4, 0.5) is 0 Å². The molecule has 0 aromatic heterocycles. The van der Waals surface area contributed by atoms with Gasteiger partial charge in [-0.25, -0.2) is 0 Å². The van der Waals surface area contributed by atoms with Gasteiger partial charge in [-0.15, -0.1) is 0 Å². The maximum Gasteiger partial charge on any atom is 0.178 e. The second-order valence-electron chi connectivity index (χ2n) is 9.45. The summed E-state index contributed by atoms with van der Waals surface area (Å²) in [5, 5.41) is 3.90. The normalized spacial score (nSPS) is 52.3. The van der Waals surface area contributed by atoms with E-state index >= 15 is 0 Å². The Balaban J connectivity index is 1.49. The number of allylic oxidation sites excluding steroid dienone is 4. The highest BCUT2D eigenvalue weighted by molar-refractivity contribution is 6.01. The highest BCUT2D eigenvalue weighted by Crippen LogP contribution is 2.67. The predicted octanol–water partition coefficient (Wildman–Crippen LogP) is 4.27. The summed E-state index contributed by atoms with van der Waals surface area (Å²) in [6.07, 6.45) is 15.5. The molecule has 0 aromatic rings. The zero-order chi connectivity index (χ0) is 16.5. The molecule has 1 aliphatic heterocycles. The number of hydrogen-bond acceptors (Lipinski definition) is 2. The number of carbonyl (C=O) groups is 1. The summed E-state index contributed by atoms with van der Waals surface area (Å²) in [7, 11) is 0. The van der Waals surface area contributed by atoms with E-state index in [0.717, 1.165) is 36.1 Å². The van der Waals surface area contributed by atoms with Gasteiger partial charge >= 0.3 is 0 Å². The Labute approximate surface area is 146 Å². The summed E-state index contributed by atoms with van der Waals surface area (Å²) >= 11 is 0. The lowest BCUT2D eigenvalue weighted by molar-refractivity contribution is -0.111. The maximum atomic E-state index is 11.8. The molecule has 1 saturated heterocycles. The Morgan fingerprint density at radius 1 is 1.17 bits per heavy atom. The molecular weight excluding hydrogens is 294 g/mol. The molecule has 5 rings (SSSR count). The molecule has 24 heavy (non-hydrogen) atoms. The zero-order valence-corrected chi connectivity index (χ0v) is 15.2. The van der Waals surface area contributed by atoms with Gasteiger partial charge in [0.25, 0.3) is 0 Å². The topological polar surface area (TPSA) is 29.1 Å². The smallest absolute Gasteiger partial charge is 0.178 e. The molecule has 1 N–H and O–H groups in total. The average Bonchev–Trinajstić information content (AvgIpc) is 3.11. The van der Waals surface area contributed by atoms with Gasteiger partial charge in [0, 0.05) is 18.0 Å². The Bertz CT molecular complexity index is 634. The minimum atomic E-state index is 0.159. The number of rotatable bonds is 1. The van der Waals surface area contributed by atoms with Crippen molar-refractivity contribution >= 4 is 5.78 Å². The van der Waals surface area contributed by atoms with E-state index in [4.69, 9.17) is 0 Å². The van der Waals surface area contributed by atoms with Gasteiger partial charge < -0.3 is 5.32 Å². The lowest BCUT2D eigenvalue weighted by atomic mass is 9.47. The summed E-state index contributed by atoms with van der Waals surface area (Å²) in [5.41, 5.74) is 2.19. The summed E-state index contributed by atoms with van der Waals surface area (Å²) in [6, 6.07) is 0.772. The average molecular weight is 325 g/mol. The standard InChI is InChI=1S/C22H31NO/c1-3-20-19-7-6-18-16-5-4-14-12-15(24)8-10-21(14,2)17(16)9-11-22(18,19)13-23-20/h8,10,12,16-20,23H,3-7,9,11,13H2,1-2H3. The molecule has 1 heterocycles. The lowest BCUT2D eigenvalue weighted by Crippen LogP contribution is -2.51. The second-order valence-corrected chi connectivity index (χ2v) is 9.45. The first-order valence-electron chi connectivity index (χ1n) is 10.3. The van der Waals surface area contributed by atoms with E-state index in [2.05, 4.69) is 25.2 Å². The van der Waals surface area contributed by atoms with Crippen LogP contribution < -0.4 is 5.32 Å².